The molecule has 1 aromatic carbocycles. The van der Waals surface area contributed by atoms with Gasteiger partial charge in [-0.25, -0.2) is 0 Å². The third-order valence-electron chi connectivity index (χ3n) is 2.02. The van der Waals surface area contributed by atoms with Gasteiger partial charge in [0.2, 0.25) is 0 Å². The van der Waals surface area contributed by atoms with E-state index in [1.807, 2.05) is 11.8 Å². The first kappa shape index (κ1) is 7.19. The molecule has 0 aliphatic carbocycles. The van der Waals surface area contributed by atoms with Gasteiger partial charge < -0.3 is 5.73 Å². The van der Waals surface area contributed by atoms with Gasteiger partial charge in [0.15, 0.2) is 0 Å². The fourth-order valence-corrected chi connectivity index (χ4v) is 2.66. The van der Waals surface area contributed by atoms with E-state index in [9.17, 15) is 0 Å². The molecule has 0 saturated carbocycles. The minimum atomic E-state index is 0.677. The Bertz CT molecular complexity index is 270. The van der Waals surface area contributed by atoms with Crippen LogP contribution in [0.5, 0.6) is 0 Å². The molecule has 0 fully saturated rings. The second kappa shape index (κ2) is 2.88. The number of hydrogen-bond donors (Lipinski definition) is 1. The van der Waals surface area contributed by atoms with Crippen molar-refractivity contribution in [3.05, 3.63) is 29.3 Å². The predicted octanol–water partition coefficient (Wildman–Crippen LogP) is 1.79. The molecule has 1 aromatic rings. The van der Waals surface area contributed by atoms with E-state index >= 15 is 0 Å². The Morgan fingerprint density at radius 1 is 1.45 bits per heavy atom. The highest BCUT2D eigenvalue weighted by Gasteiger charge is 2.13. The molecule has 0 spiro atoms. The molecule has 2 N–H and O–H groups in total. The number of fused-ring (bicyclic) bond motifs is 1. The van der Waals surface area contributed by atoms with Crippen molar-refractivity contribution in [3.8, 4) is 0 Å². The lowest BCUT2D eigenvalue weighted by atomic mass is 10.1. The van der Waals surface area contributed by atoms with Crippen LogP contribution in [0.15, 0.2) is 23.1 Å². The van der Waals surface area contributed by atoms with Crippen LogP contribution >= 0.6 is 11.8 Å². The fraction of sp³-hybridized carbons (Fsp3) is 0.333. The van der Waals surface area contributed by atoms with Gasteiger partial charge in [-0.1, -0.05) is 18.2 Å². The van der Waals surface area contributed by atoms with Crippen LogP contribution in [0, 0.1) is 0 Å². The largest absolute Gasteiger partial charge is 0.326 e. The van der Waals surface area contributed by atoms with Gasteiger partial charge >= 0.3 is 0 Å². The van der Waals surface area contributed by atoms with E-state index in [0.29, 0.717) is 6.54 Å². The molecule has 1 aliphatic rings. The van der Waals surface area contributed by atoms with Crippen molar-refractivity contribution in [2.45, 2.75) is 17.9 Å². The number of benzene rings is 1. The summed E-state index contributed by atoms with van der Waals surface area (Å²) in [5.74, 6) is 1.23. The number of nitrogens with two attached hydrogens (primary N) is 1. The maximum Gasteiger partial charge on any atom is 0.0189 e. The van der Waals surface area contributed by atoms with Crippen LogP contribution < -0.4 is 5.73 Å². The molecule has 58 valence electrons. The molecule has 0 bridgehead atoms. The van der Waals surface area contributed by atoms with E-state index in [4.69, 9.17) is 5.73 Å². The zero-order valence-electron chi connectivity index (χ0n) is 6.34. The van der Waals surface area contributed by atoms with Crippen LogP contribution in [-0.4, -0.2) is 5.75 Å². The van der Waals surface area contributed by atoms with E-state index in [-0.39, 0.29) is 0 Å². The Morgan fingerprint density at radius 3 is 3.18 bits per heavy atom. The molecule has 0 amide bonds. The maximum atomic E-state index is 5.61. The molecule has 11 heavy (non-hydrogen) atoms. The third kappa shape index (κ3) is 1.17. The standard InChI is InChI=1S/C9H11NS/c10-6-8-3-1-2-7-4-5-11-9(7)8/h1-3H,4-6,10H2. The summed E-state index contributed by atoms with van der Waals surface area (Å²) in [5, 5.41) is 0. The van der Waals surface area contributed by atoms with Crippen LogP contribution in [-0.2, 0) is 13.0 Å². The first-order chi connectivity index (χ1) is 5.42. The van der Waals surface area contributed by atoms with Gasteiger partial charge in [-0.15, -0.1) is 11.8 Å². The van der Waals surface area contributed by atoms with Gasteiger partial charge in [0, 0.05) is 17.2 Å². The zero-order valence-corrected chi connectivity index (χ0v) is 7.16. The highest BCUT2D eigenvalue weighted by atomic mass is 32.2. The van der Waals surface area contributed by atoms with Crippen molar-refractivity contribution < 1.29 is 0 Å². The molecule has 1 nitrogen and oxygen atoms in total. The molecule has 0 aromatic heterocycles. The fourth-order valence-electron chi connectivity index (χ4n) is 1.44. The van der Waals surface area contributed by atoms with Crippen molar-refractivity contribution >= 4 is 11.8 Å². The Labute approximate surface area is 71.0 Å². The highest BCUT2D eigenvalue weighted by Crippen LogP contribution is 2.33. The Hall–Kier alpha value is -0.470. The molecular weight excluding hydrogens is 154 g/mol. The van der Waals surface area contributed by atoms with Crippen molar-refractivity contribution in [1.82, 2.24) is 0 Å². The lowest BCUT2D eigenvalue weighted by Gasteiger charge is -2.03. The minimum absolute atomic E-state index is 0.677. The molecule has 2 heteroatoms. The summed E-state index contributed by atoms with van der Waals surface area (Å²) in [5.41, 5.74) is 8.40. The monoisotopic (exact) mass is 165 g/mol. The Morgan fingerprint density at radius 2 is 2.36 bits per heavy atom. The zero-order chi connectivity index (χ0) is 7.68. The van der Waals surface area contributed by atoms with E-state index in [0.717, 1.165) is 0 Å². The Balaban J connectivity index is 2.50. The van der Waals surface area contributed by atoms with Crippen LogP contribution in [0.4, 0.5) is 0 Å². The summed E-state index contributed by atoms with van der Waals surface area (Å²) in [7, 11) is 0. The van der Waals surface area contributed by atoms with Crippen LogP contribution in [0.1, 0.15) is 11.1 Å². The average molecular weight is 165 g/mol. The topological polar surface area (TPSA) is 26.0 Å². The number of thioether (sulfide) groups is 1. The molecular formula is C9H11NS. The Kier molecular flexibility index (Phi) is 1.88. The summed E-state index contributed by atoms with van der Waals surface area (Å²) in [6.07, 6.45) is 1.22. The van der Waals surface area contributed by atoms with Crippen LogP contribution in [0.3, 0.4) is 0 Å². The van der Waals surface area contributed by atoms with Gasteiger partial charge in [-0.05, 0) is 17.5 Å². The normalized spacial score (nSPS) is 15.0. The first-order valence-electron chi connectivity index (χ1n) is 3.85. The van der Waals surface area contributed by atoms with Crippen LogP contribution in [0.25, 0.3) is 0 Å². The molecule has 0 atom stereocenters. The first-order valence-corrected chi connectivity index (χ1v) is 4.84. The molecule has 1 heterocycles. The van der Waals surface area contributed by atoms with Gasteiger partial charge in [0.1, 0.15) is 0 Å². The molecule has 1 aliphatic heterocycles. The number of hydrogen-bond acceptors (Lipinski definition) is 2. The van der Waals surface area contributed by atoms with Crippen molar-refractivity contribution in [1.29, 1.82) is 0 Å². The smallest absolute Gasteiger partial charge is 0.0189 e. The lowest BCUT2D eigenvalue weighted by molar-refractivity contribution is 1.01. The SMILES string of the molecule is NCc1cccc2c1SCC2. The highest BCUT2D eigenvalue weighted by molar-refractivity contribution is 7.99. The summed E-state index contributed by atoms with van der Waals surface area (Å²) >= 11 is 1.94. The van der Waals surface area contributed by atoms with Crippen molar-refractivity contribution in [3.63, 3.8) is 0 Å². The van der Waals surface area contributed by atoms with Gasteiger partial charge in [-0.3, -0.25) is 0 Å². The second-order valence-corrected chi connectivity index (χ2v) is 3.81. The summed E-state index contributed by atoms with van der Waals surface area (Å²) in [4.78, 5) is 1.44. The quantitative estimate of drug-likeness (QED) is 0.686. The van der Waals surface area contributed by atoms with Crippen molar-refractivity contribution in [2.75, 3.05) is 5.75 Å². The summed E-state index contributed by atoms with van der Waals surface area (Å²) in [6, 6.07) is 6.43. The van der Waals surface area contributed by atoms with E-state index in [1.165, 1.54) is 28.2 Å². The molecule has 0 unspecified atom stereocenters. The molecule has 0 saturated heterocycles. The summed E-state index contributed by atoms with van der Waals surface area (Å²) in [6.45, 7) is 0.677. The molecule has 2 rings (SSSR count). The van der Waals surface area contributed by atoms with Crippen molar-refractivity contribution in [2.24, 2.45) is 5.73 Å². The van der Waals surface area contributed by atoms with Crippen LogP contribution in [0.2, 0.25) is 0 Å². The van der Waals surface area contributed by atoms with E-state index in [1.54, 1.807) is 0 Å². The number of aryl methyl sites for hydroxylation is 1. The van der Waals surface area contributed by atoms with Gasteiger partial charge in [-0.2, -0.15) is 0 Å². The minimum Gasteiger partial charge on any atom is -0.326 e. The van der Waals surface area contributed by atoms with E-state index in [2.05, 4.69) is 18.2 Å². The maximum absolute atomic E-state index is 5.61. The average Bonchev–Trinajstić information content (AvgIpc) is 2.50. The van der Waals surface area contributed by atoms with Gasteiger partial charge in [0.05, 0.1) is 0 Å². The van der Waals surface area contributed by atoms with Gasteiger partial charge in [0.25, 0.3) is 0 Å². The van der Waals surface area contributed by atoms with E-state index < -0.39 is 0 Å². The molecule has 0 radical (unpaired) electrons. The second-order valence-electron chi connectivity index (χ2n) is 2.71. The predicted molar refractivity (Wildman–Crippen MR) is 48.8 cm³/mol. The summed E-state index contributed by atoms with van der Waals surface area (Å²) < 4.78 is 0. The lowest BCUT2D eigenvalue weighted by Crippen LogP contribution is -1.98. The number of rotatable bonds is 1. The third-order valence-corrected chi connectivity index (χ3v) is 3.24.